The van der Waals surface area contributed by atoms with E-state index in [2.05, 4.69) is 5.32 Å². The van der Waals surface area contributed by atoms with Crippen LogP contribution in [0.5, 0.6) is 11.5 Å². The van der Waals surface area contributed by atoms with Crippen LogP contribution >= 0.6 is 34.8 Å². The molecule has 3 nitrogen and oxygen atoms in total. The highest BCUT2D eigenvalue weighted by molar-refractivity contribution is 6.33. The number of rotatable bonds is 7. The van der Waals surface area contributed by atoms with E-state index < -0.39 is 0 Å². The Balaban J connectivity index is 1.73. The number of hydrogen-bond acceptors (Lipinski definition) is 3. The van der Waals surface area contributed by atoms with Crippen molar-refractivity contribution >= 4 is 40.5 Å². The summed E-state index contributed by atoms with van der Waals surface area (Å²) < 4.78 is 11.3. The van der Waals surface area contributed by atoms with Crippen LogP contribution in [-0.4, -0.2) is 7.11 Å². The molecule has 6 heteroatoms. The first-order valence-electron chi connectivity index (χ1n) is 8.29. The van der Waals surface area contributed by atoms with Crippen LogP contribution in [0.1, 0.15) is 11.1 Å². The van der Waals surface area contributed by atoms with Gasteiger partial charge in [0.05, 0.1) is 22.8 Å². The lowest BCUT2D eigenvalue weighted by Crippen LogP contribution is -2.03. The highest BCUT2D eigenvalue weighted by atomic mass is 35.5. The van der Waals surface area contributed by atoms with Crippen molar-refractivity contribution in [3.8, 4) is 11.5 Å². The Labute approximate surface area is 173 Å². The van der Waals surface area contributed by atoms with Crippen LogP contribution in [-0.2, 0) is 13.2 Å². The number of nitrogens with one attached hydrogen (secondary N) is 1. The Morgan fingerprint density at radius 2 is 1.67 bits per heavy atom. The maximum absolute atomic E-state index is 6.44. The molecule has 0 aromatic heterocycles. The molecule has 3 rings (SSSR count). The first kappa shape index (κ1) is 19.7. The van der Waals surface area contributed by atoms with E-state index in [0.717, 1.165) is 16.8 Å². The van der Waals surface area contributed by atoms with Crippen LogP contribution in [0.15, 0.2) is 60.7 Å². The first-order valence-corrected chi connectivity index (χ1v) is 9.42. The third-order valence-corrected chi connectivity index (χ3v) is 4.76. The molecule has 140 valence electrons. The van der Waals surface area contributed by atoms with E-state index >= 15 is 0 Å². The zero-order valence-corrected chi connectivity index (χ0v) is 16.9. The van der Waals surface area contributed by atoms with Gasteiger partial charge in [-0.2, -0.15) is 0 Å². The van der Waals surface area contributed by atoms with E-state index in [1.807, 2.05) is 60.7 Å². The van der Waals surface area contributed by atoms with Crippen molar-refractivity contribution in [3.63, 3.8) is 0 Å². The van der Waals surface area contributed by atoms with Gasteiger partial charge in [0.15, 0.2) is 11.5 Å². The second kappa shape index (κ2) is 9.23. The van der Waals surface area contributed by atoms with Crippen molar-refractivity contribution in [3.05, 3.63) is 86.9 Å². The van der Waals surface area contributed by atoms with Crippen molar-refractivity contribution < 1.29 is 9.47 Å². The summed E-state index contributed by atoms with van der Waals surface area (Å²) in [5, 5.41) is 5.09. The van der Waals surface area contributed by atoms with Gasteiger partial charge >= 0.3 is 0 Å². The summed E-state index contributed by atoms with van der Waals surface area (Å²) in [7, 11) is 1.59. The average Bonchev–Trinajstić information content (AvgIpc) is 2.66. The number of hydrogen-bond donors (Lipinski definition) is 1. The predicted octanol–water partition coefficient (Wildman–Crippen LogP) is 6.85. The zero-order chi connectivity index (χ0) is 19.2. The average molecular weight is 423 g/mol. The van der Waals surface area contributed by atoms with Gasteiger partial charge in [-0.05, 0) is 47.5 Å². The van der Waals surface area contributed by atoms with Crippen molar-refractivity contribution in [2.75, 3.05) is 12.4 Å². The van der Waals surface area contributed by atoms with E-state index in [1.54, 1.807) is 7.11 Å². The van der Waals surface area contributed by atoms with Gasteiger partial charge in [-0.3, -0.25) is 0 Å². The fourth-order valence-electron chi connectivity index (χ4n) is 2.60. The Bertz CT molecular complexity index is 931. The number of para-hydroxylation sites is 1. The summed E-state index contributed by atoms with van der Waals surface area (Å²) in [6.45, 7) is 0.891. The summed E-state index contributed by atoms with van der Waals surface area (Å²) in [5.41, 5.74) is 2.76. The summed E-state index contributed by atoms with van der Waals surface area (Å²) in [6.07, 6.45) is 0. The summed E-state index contributed by atoms with van der Waals surface area (Å²) >= 11 is 18.6. The Morgan fingerprint density at radius 3 is 2.41 bits per heavy atom. The monoisotopic (exact) mass is 421 g/mol. The fourth-order valence-corrected chi connectivity index (χ4v) is 3.30. The maximum atomic E-state index is 6.44. The molecule has 0 saturated heterocycles. The fraction of sp³-hybridized carbons (Fsp3) is 0.143. The largest absolute Gasteiger partial charge is 0.493 e. The molecule has 3 aromatic rings. The highest BCUT2D eigenvalue weighted by Crippen LogP contribution is 2.37. The molecule has 0 aliphatic carbocycles. The van der Waals surface area contributed by atoms with Crippen LogP contribution in [0.2, 0.25) is 15.1 Å². The lowest BCUT2D eigenvalue weighted by molar-refractivity contribution is 0.284. The molecule has 0 amide bonds. The van der Waals surface area contributed by atoms with E-state index in [0.29, 0.717) is 39.7 Å². The molecule has 0 saturated carbocycles. The third-order valence-electron chi connectivity index (χ3n) is 3.92. The van der Waals surface area contributed by atoms with Crippen molar-refractivity contribution in [1.29, 1.82) is 0 Å². The number of methoxy groups -OCH3 is 1. The van der Waals surface area contributed by atoms with E-state index in [9.17, 15) is 0 Å². The molecule has 0 spiro atoms. The molecule has 0 radical (unpaired) electrons. The Hall–Kier alpha value is -2.07. The van der Waals surface area contributed by atoms with Crippen LogP contribution in [0.4, 0.5) is 5.69 Å². The normalized spacial score (nSPS) is 10.5. The van der Waals surface area contributed by atoms with E-state index in [1.165, 1.54) is 0 Å². The molecule has 0 aliphatic heterocycles. The Morgan fingerprint density at radius 1 is 0.852 bits per heavy atom. The molecular formula is C21H18Cl3NO2. The molecule has 27 heavy (non-hydrogen) atoms. The van der Waals surface area contributed by atoms with Gasteiger partial charge in [-0.1, -0.05) is 59.1 Å². The predicted molar refractivity (Wildman–Crippen MR) is 113 cm³/mol. The van der Waals surface area contributed by atoms with Crippen molar-refractivity contribution in [2.45, 2.75) is 13.2 Å². The molecule has 1 N–H and O–H groups in total. The molecule has 0 fully saturated rings. The minimum Gasteiger partial charge on any atom is -0.493 e. The second-order valence-corrected chi connectivity index (χ2v) is 7.11. The van der Waals surface area contributed by atoms with Gasteiger partial charge in [-0.15, -0.1) is 0 Å². The van der Waals surface area contributed by atoms with Gasteiger partial charge in [0, 0.05) is 11.6 Å². The lowest BCUT2D eigenvalue weighted by atomic mass is 10.2. The molecule has 0 atom stereocenters. The number of halogens is 3. The molecule has 0 unspecified atom stereocenters. The first-order chi connectivity index (χ1) is 13.1. The van der Waals surface area contributed by atoms with Crippen molar-refractivity contribution in [1.82, 2.24) is 0 Å². The minimum atomic E-state index is 0.341. The summed E-state index contributed by atoms with van der Waals surface area (Å²) in [5.74, 6) is 1.07. The van der Waals surface area contributed by atoms with Crippen LogP contribution in [0.25, 0.3) is 0 Å². The minimum absolute atomic E-state index is 0.341. The van der Waals surface area contributed by atoms with Gasteiger partial charge in [-0.25, -0.2) is 0 Å². The molecule has 0 bridgehead atoms. The number of anilines is 1. The van der Waals surface area contributed by atoms with Gasteiger partial charge < -0.3 is 14.8 Å². The SMILES string of the molecule is COc1cc(CNc2ccccc2Cl)cc(Cl)c1OCc1cccc(Cl)c1. The topological polar surface area (TPSA) is 30.5 Å². The lowest BCUT2D eigenvalue weighted by Gasteiger charge is -2.15. The highest BCUT2D eigenvalue weighted by Gasteiger charge is 2.13. The zero-order valence-electron chi connectivity index (χ0n) is 14.6. The summed E-state index contributed by atoms with van der Waals surface area (Å²) in [6, 6.07) is 18.8. The van der Waals surface area contributed by atoms with E-state index in [-0.39, 0.29) is 0 Å². The number of ether oxygens (including phenoxy) is 2. The number of benzene rings is 3. The van der Waals surface area contributed by atoms with Crippen molar-refractivity contribution in [2.24, 2.45) is 0 Å². The molecule has 0 aliphatic rings. The van der Waals surface area contributed by atoms with Gasteiger partial charge in [0.2, 0.25) is 0 Å². The van der Waals surface area contributed by atoms with E-state index in [4.69, 9.17) is 44.3 Å². The summed E-state index contributed by atoms with van der Waals surface area (Å²) in [4.78, 5) is 0. The second-order valence-electron chi connectivity index (χ2n) is 5.86. The van der Waals surface area contributed by atoms with Crippen LogP contribution in [0, 0.1) is 0 Å². The van der Waals surface area contributed by atoms with Crippen LogP contribution < -0.4 is 14.8 Å². The molecular weight excluding hydrogens is 405 g/mol. The van der Waals surface area contributed by atoms with Gasteiger partial charge in [0.25, 0.3) is 0 Å². The quantitative estimate of drug-likeness (QED) is 0.452. The Kier molecular flexibility index (Phi) is 6.73. The maximum Gasteiger partial charge on any atom is 0.180 e. The standard InChI is InChI=1S/C21H18Cl3NO2/c1-26-20-11-15(12-25-19-8-3-2-7-17(19)23)10-18(24)21(20)27-13-14-5-4-6-16(22)9-14/h2-11,25H,12-13H2,1H3. The smallest absolute Gasteiger partial charge is 0.180 e. The molecule has 3 aromatic carbocycles. The third kappa shape index (κ3) is 5.23. The van der Waals surface area contributed by atoms with Crippen LogP contribution in [0.3, 0.4) is 0 Å². The molecule has 0 heterocycles. The van der Waals surface area contributed by atoms with Gasteiger partial charge in [0.1, 0.15) is 6.61 Å².